The number of anilines is 1. The van der Waals surface area contributed by atoms with Crippen molar-refractivity contribution < 1.29 is 8.42 Å². The summed E-state index contributed by atoms with van der Waals surface area (Å²) in [6.45, 7) is 9.48. The Labute approximate surface area is 126 Å². The van der Waals surface area contributed by atoms with Gasteiger partial charge in [0.15, 0.2) is 0 Å². The normalized spacial score (nSPS) is 11.9. The van der Waals surface area contributed by atoms with Crippen molar-refractivity contribution in [1.82, 2.24) is 9.78 Å². The van der Waals surface area contributed by atoms with Crippen LogP contribution in [0.1, 0.15) is 36.7 Å². The van der Waals surface area contributed by atoms with Gasteiger partial charge in [0.25, 0.3) is 10.0 Å². The van der Waals surface area contributed by atoms with Gasteiger partial charge in [-0.2, -0.15) is 5.10 Å². The smallest absolute Gasteiger partial charge is 0.265 e. The van der Waals surface area contributed by atoms with Gasteiger partial charge in [0, 0.05) is 12.2 Å². The minimum Gasteiger partial charge on any atom is -0.279 e. The molecule has 0 spiro atoms. The summed E-state index contributed by atoms with van der Waals surface area (Å²) in [6.07, 6.45) is 1.58. The fourth-order valence-electron chi connectivity index (χ4n) is 2.05. The highest BCUT2D eigenvalue weighted by Crippen LogP contribution is 2.23. The molecular formula is C15H21N3O2S. The molecule has 1 aromatic carbocycles. The number of hydrogen-bond donors (Lipinski definition) is 1. The molecule has 114 valence electrons. The molecule has 0 aliphatic carbocycles. The predicted octanol–water partition coefficient (Wildman–Crippen LogP) is 3.19. The summed E-state index contributed by atoms with van der Waals surface area (Å²) in [4.78, 5) is 0.220. The van der Waals surface area contributed by atoms with Crippen LogP contribution in [-0.4, -0.2) is 18.2 Å². The van der Waals surface area contributed by atoms with Crippen LogP contribution in [0.4, 0.5) is 5.69 Å². The molecule has 2 aromatic rings. The Morgan fingerprint density at radius 2 is 1.86 bits per heavy atom. The van der Waals surface area contributed by atoms with Crippen molar-refractivity contribution in [2.75, 3.05) is 4.72 Å². The van der Waals surface area contributed by atoms with Gasteiger partial charge in [-0.3, -0.25) is 9.40 Å². The SMILES string of the molecule is Cc1cccc(NS(=O)(=O)c2cn(C(C)C)nc2C)c1C. The van der Waals surface area contributed by atoms with Gasteiger partial charge in [-0.25, -0.2) is 8.42 Å². The van der Waals surface area contributed by atoms with Crippen LogP contribution < -0.4 is 4.72 Å². The zero-order valence-corrected chi connectivity index (χ0v) is 13.8. The van der Waals surface area contributed by atoms with Crippen LogP contribution in [0.2, 0.25) is 0 Å². The monoisotopic (exact) mass is 307 g/mol. The first-order valence-electron chi connectivity index (χ1n) is 6.87. The van der Waals surface area contributed by atoms with E-state index < -0.39 is 10.0 Å². The number of benzene rings is 1. The molecule has 0 amide bonds. The number of aromatic nitrogens is 2. The van der Waals surface area contributed by atoms with Gasteiger partial charge in [0.05, 0.1) is 11.4 Å². The second-order valence-corrected chi connectivity index (χ2v) is 7.16. The zero-order valence-electron chi connectivity index (χ0n) is 13.0. The van der Waals surface area contributed by atoms with Gasteiger partial charge in [-0.1, -0.05) is 12.1 Å². The molecular weight excluding hydrogens is 286 g/mol. The average Bonchev–Trinajstić information content (AvgIpc) is 2.78. The molecule has 21 heavy (non-hydrogen) atoms. The van der Waals surface area contributed by atoms with Gasteiger partial charge in [0.2, 0.25) is 0 Å². The fourth-order valence-corrected chi connectivity index (χ4v) is 3.35. The Morgan fingerprint density at radius 1 is 1.19 bits per heavy atom. The summed E-state index contributed by atoms with van der Waals surface area (Å²) in [7, 11) is -3.63. The quantitative estimate of drug-likeness (QED) is 0.943. The number of rotatable bonds is 4. The van der Waals surface area contributed by atoms with E-state index in [1.54, 1.807) is 23.9 Å². The summed E-state index contributed by atoms with van der Waals surface area (Å²) >= 11 is 0. The van der Waals surface area contributed by atoms with Crippen molar-refractivity contribution in [3.63, 3.8) is 0 Å². The lowest BCUT2D eigenvalue weighted by atomic mass is 10.1. The summed E-state index contributed by atoms with van der Waals surface area (Å²) in [5.74, 6) is 0. The van der Waals surface area contributed by atoms with E-state index in [0.29, 0.717) is 11.4 Å². The number of nitrogens with zero attached hydrogens (tertiary/aromatic N) is 2. The highest BCUT2D eigenvalue weighted by atomic mass is 32.2. The van der Waals surface area contributed by atoms with Crippen LogP contribution in [0.25, 0.3) is 0 Å². The number of sulfonamides is 1. The maximum absolute atomic E-state index is 12.6. The maximum Gasteiger partial charge on any atom is 0.265 e. The number of aryl methyl sites for hydroxylation is 2. The topological polar surface area (TPSA) is 64.0 Å². The van der Waals surface area contributed by atoms with E-state index in [1.807, 2.05) is 39.8 Å². The summed E-state index contributed by atoms with van der Waals surface area (Å²) < 4.78 is 29.4. The molecule has 0 aliphatic rings. The van der Waals surface area contributed by atoms with Gasteiger partial charge in [-0.05, 0) is 51.8 Å². The Balaban J connectivity index is 2.41. The molecule has 6 heteroatoms. The lowest BCUT2D eigenvalue weighted by Gasteiger charge is -2.11. The third-order valence-electron chi connectivity index (χ3n) is 3.54. The summed E-state index contributed by atoms with van der Waals surface area (Å²) in [5, 5.41) is 4.26. The third kappa shape index (κ3) is 3.10. The molecule has 0 unspecified atom stereocenters. The Morgan fingerprint density at radius 3 is 2.43 bits per heavy atom. The van der Waals surface area contributed by atoms with E-state index in [-0.39, 0.29) is 10.9 Å². The first-order chi connectivity index (χ1) is 9.72. The van der Waals surface area contributed by atoms with E-state index >= 15 is 0 Å². The Kier molecular flexibility index (Phi) is 4.09. The van der Waals surface area contributed by atoms with Crippen molar-refractivity contribution >= 4 is 15.7 Å². The summed E-state index contributed by atoms with van der Waals surface area (Å²) in [6, 6.07) is 5.68. The van der Waals surface area contributed by atoms with E-state index in [4.69, 9.17) is 0 Å². The second-order valence-electron chi connectivity index (χ2n) is 5.51. The molecule has 1 N–H and O–H groups in total. The van der Waals surface area contributed by atoms with Crippen LogP contribution in [-0.2, 0) is 10.0 Å². The standard InChI is InChI=1S/C15H21N3O2S/c1-10(2)18-9-15(13(5)16-18)21(19,20)17-14-8-6-7-11(3)12(14)4/h6-10,17H,1-5H3. The third-order valence-corrected chi connectivity index (χ3v) is 5.01. The van der Waals surface area contributed by atoms with Crippen molar-refractivity contribution in [2.45, 2.75) is 45.6 Å². The van der Waals surface area contributed by atoms with Crippen LogP contribution in [0.15, 0.2) is 29.3 Å². The predicted molar refractivity (Wildman–Crippen MR) is 84.1 cm³/mol. The van der Waals surface area contributed by atoms with E-state index in [9.17, 15) is 8.42 Å². The number of nitrogens with one attached hydrogen (secondary N) is 1. The molecule has 1 heterocycles. The van der Waals surface area contributed by atoms with E-state index in [2.05, 4.69) is 9.82 Å². The van der Waals surface area contributed by atoms with Gasteiger partial charge < -0.3 is 0 Å². The first kappa shape index (κ1) is 15.6. The minimum atomic E-state index is -3.63. The van der Waals surface area contributed by atoms with Crippen LogP contribution in [0, 0.1) is 20.8 Å². The number of hydrogen-bond acceptors (Lipinski definition) is 3. The van der Waals surface area contributed by atoms with Crippen LogP contribution >= 0.6 is 0 Å². The maximum atomic E-state index is 12.6. The molecule has 2 rings (SSSR count). The molecule has 0 fully saturated rings. The molecule has 0 saturated carbocycles. The zero-order chi connectivity index (χ0) is 15.8. The van der Waals surface area contributed by atoms with Crippen molar-refractivity contribution in [1.29, 1.82) is 0 Å². The van der Waals surface area contributed by atoms with E-state index in [1.165, 1.54) is 0 Å². The van der Waals surface area contributed by atoms with Gasteiger partial charge in [0.1, 0.15) is 4.90 Å². The highest BCUT2D eigenvalue weighted by Gasteiger charge is 2.21. The average molecular weight is 307 g/mol. The minimum absolute atomic E-state index is 0.119. The second kappa shape index (κ2) is 5.52. The molecule has 0 aliphatic heterocycles. The fraction of sp³-hybridized carbons (Fsp3) is 0.400. The molecule has 0 radical (unpaired) electrons. The molecule has 1 aromatic heterocycles. The van der Waals surface area contributed by atoms with Crippen molar-refractivity contribution in [2.24, 2.45) is 0 Å². The molecule has 0 saturated heterocycles. The van der Waals surface area contributed by atoms with Gasteiger partial charge >= 0.3 is 0 Å². The molecule has 0 atom stereocenters. The lowest BCUT2D eigenvalue weighted by Crippen LogP contribution is -2.14. The molecule has 0 bridgehead atoms. The lowest BCUT2D eigenvalue weighted by molar-refractivity contribution is 0.528. The Hall–Kier alpha value is -1.82. The Bertz CT molecular complexity index is 761. The van der Waals surface area contributed by atoms with Crippen molar-refractivity contribution in [3.8, 4) is 0 Å². The van der Waals surface area contributed by atoms with Crippen LogP contribution in [0.3, 0.4) is 0 Å². The van der Waals surface area contributed by atoms with Crippen LogP contribution in [0.5, 0.6) is 0 Å². The highest BCUT2D eigenvalue weighted by molar-refractivity contribution is 7.92. The summed E-state index contributed by atoms with van der Waals surface area (Å²) in [5.41, 5.74) is 3.08. The van der Waals surface area contributed by atoms with Gasteiger partial charge in [-0.15, -0.1) is 0 Å². The van der Waals surface area contributed by atoms with Crippen molar-refractivity contribution in [3.05, 3.63) is 41.2 Å². The largest absolute Gasteiger partial charge is 0.279 e. The first-order valence-corrected chi connectivity index (χ1v) is 8.35. The molecule has 5 nitrogen and oxygen atoms in total. The van der Waals surface area contributed by atoms with E-state index in [0.717, 1.165) is 11.1 Å².